The molecule has 0 saturated heterocycles. The Kier molecular flexibility index (Phi) is 5.85. The van der Waals surface area contributed by atoms with Gasteiger partial charge in [-0.25, -0.2) is 12.7 Å². The van der Waals surface area contributed by atoms with Crippen LogP contribution < -0.4 is 0 Å². The van der Waals surface area contributed by atoms with E-state index in [0.29, 0.717) is 17.7 Å². The maximum Gasteiger partial charge on any atom is 0.243 e. The second-order valence-electron chi connectivity index (χ2n) is 4.52. The van der Waals surface area contributed by atoms with Gasteiger partial charge in [0.2, 0.25) is 10.0 Å². The van der Waals surface area contributed by atoms with Gasteiger partial charge in [-0.05, 0) is 42.9 Å². The molecule has 0 spiro atoms. The lowest BCUT2D eigenvalue weighted by Crippen LogP contribution is -2.29. The monoisotopic (exact) mass is 303 g/mol. The second kappa shape index (κ2) is 6.74. The molecule has 0 aromatic heterocycles. The van der Waals surface area contributed by atoms with Gasteiger partial charge in [0.25, 0.3) is 0 Å². The summed E-state index contributed by atoms with van der Waals surface area (Å²) in [5, 5.41) is 9.27. The molecule has 0 saturated carbocycles. The highest BCUT2D eigenvalue weighted by molar-refractivity contribution is 7.98. The average molecular weight is 303 g/mol. The number of sulfonamides is 1. The Balaban J connectivity index is 3.21. The summed E-state index contributed by atoms with van der Waals surface area (Å²) in [6.45, 7) is 3.98. The SMILES string of the molecule is CSCCN(C)S(=O)(=O)c1cc(CO)c(C)cc1C. The van der Waals surface area contributed by atoms with E-state index < -0.39 is 10.0 Å². The minimum absolute atomic E-state index is 0.150. The fourth-order valence-corrected chi connectivity index (χ4v) is 3.83. The van der Waals surface area contributed by atoms with Crippen LogP contribution in [0.1, 0.15) is 16.7 Å². The van der Waals surface area contributed by atoms with Crippen molar-refractivity contribution in [1.29, 1.82) is 0 Å². The minimum atomic E-state index is -3.48. The third kappa shape index (κ3) is 3.72. The van der Waals surface area contributed by atoms with E-state index in [2.05, 4.69) is 0 Å². The van der Waals surface area contributed by atoms with E-state index in [1.54, 1.807) is 37.9 Å². The molecule has 0 unspecified atom stereocenters. The lowest BCUT2D eigenvalue weighted by atomic mass is 10.1. The zero-order valence-corrected chi connectivity index (χ0v) is 13.4. The highest BCUT2D eigenvalue weighted by Crippen LogP contribution is 2.23. The van der Waals surface area contributed by atoms with Crippen LogP contribution in [0.25, 0.3) is 0 Å². The van der Waals surface area contributed by atoms with Crippen LogP contribution in [0.5, 0.6) is 0 Å². The van der Waals surface area contributed by atoms with Gasteiger partial charge in [0.1, 0.15) is 0 Å². The second-order valence-corrected chi connectivity index (χ2v) is 7.52. The summed E-state index contributed by atoms with van der Waals surface area (Å²) in [6.07, 6.45) is 1.95. The first-order chi connectivity index (χ1) is 8.84. The number of rotatable bonds is 6. The van der Waals surface area contributed by atoms with Crippen LogP contribution >= 0.6 is 11.8 Å². The van der Waals surface area contributed by atoms with Gasteiger partial charge in [0, 0.05) is 19.3 Å². The predicted molar refractivity (Wildman–Crippen MR) is 80.0 cm³/mol. The summed E-state index contributed by atoms with van der Waals surface area (Å²) in [4.78, 5) is 0.283. The summed E-state index contributed by atoms with van der Waals surface area (Å²) >= 11 is 1.61. The summed E-state index contributed by atoms with van der Waals surface area (Å²) in [5.74, 6) is 0.757. The van der Waals surface area contributed by atoms with Crippen molar-refractivity contribution in [3.8, 4) is 0 Å². The molecule has 4 nitrogen and oxygen atoms in total. The Morgan fingerprint density at radius 1 is 1.26 bits per heavy atom. The molecule has 0 radical (unpaired) electrons. The molecule has 6 heteroatoms. The van der Waals surface area contributed by atoms with Crippen molar-refractivity contribution in [3.05, 3.63) is 28.8 Å². The van der Waals surface area contributed by atoms with Crippen LogP contribution in [0.3, 0.4) is 0 Å². The zero-order valence-electron chi connectivity index (χ0n) is 11.8. The number of nitrogens with zero attached hydrogens (tertiary/aromatic N) is 1. The highest BCUT2D eigenvalue weighted by atomic mass is 32.2. The zero-order chi connectivity index (χ0) is 14.6. The van der Waals surface area contributed by atoms with Gasteiger partial charge in [-0.3, -0.25) is 0 Å². The Labute approximate surface area is 119 Å². The van der Waals surface area contributed by atoms with E-state index in [0.717, 1.165) is 11.3 Å². The Morgan fingerprint density at radius 2 is 1.89 bits per heavy atom. The molecule has 1 rings (SSSR count). The molecule has 0 bridgehead atoms. The maximum atomic E-state index is 12.5. The van der Waals surface area contributed by atoms with E-state index in [4.69, 9.17) is 0 Å². The van der Waals surface area contributed by atoms with Crippen molar-refractivity contribution in [2.24, 2.45) is 0 Å². The Bertz CT molecular complexity index is 541. The van der Waals surface area contributed by atoms with E-state index >= 15 is 0 Å². The summed E-state index contributed by atoms with van der Waals surface area (Å²) in [6, 6.07) is 3.39. The van der Waals surface area contributed by atoms with Crippen LogP contribution in [0.2, 0.25) is 0 Å². The normalized spacial score (nSPS) is 12.1. The third-order valence-corrected chi connectivity index (χ3v) is 5.69. The molecule has 0 atom stereocenters. The summed E-state index contributed by atoms with van der Waals surface area (Å²) in [5.41, 5.74) is 2.28. The molecule has 1 N–H and O–H groups in total. The molecule has 1 aromatic rings. The first-order valence-electron chi connectivity index (χ1n) is 6.00. The third-order valence-electron chi connectivity index (χ3n) is 3.10. The van der Waals surface area contributed by atoms with Crippen LogP contribution in [0.15, 0.2) is 17.0 Å². The molecule has 0 heterocycles. The molecule has 108 valence electrons. The largest absolute Gasteiger partial charge is 0.392 e. The fourth-order valence-electron chi connectivity index (χ4n) is 1.83. The standard InChI is InChI=1S/C13H21NO3S2/c1-10-7-11(2)13(8-12(10)9-15)19(16,17)14(3)5-6-18-4/h7-8,15H,5-6,9H2,1-4H3. The quantitative estimate of drug-likeness (QED) is 0.870. The van der Waals surface area contributed by atoms with Gasteiger partial charge < -0.3 is 5.11 Å². The van der Waals surface area contributed by atoms with Gasteiger partial charge in [-0.1, -0.05) is 6.07 Å². The van der Waals surface area contributed by atoms with Crippen LogP contribution in [0, 0.1) is 13.8 Å². The highest BCUT2D eigenvalue weighted by Gasteiger charge is 2.23. The molecular formula is C13H21NO3S2. The molecular weight excluding hydrogens is 282 g/mol. The van der Waals surface area contributed by atoms with E-state index in [1.165, 1.54) is 4.31 Å². The van der Waals surface area contributed by atoms with Gasteiger partial charge in [-0.15, -0.1) is 0 Å². The van der Waals surface area contributed by atoms with Crippen molar-refractivity contribution in [2.45, 2.75) is 25.3 Å². The first-order valence-corrected chi connectivity index (χ1v) is 8.84. The molecule has 0 aliphatic rings. The van der Waals surface area contributed by atoms with Crippen molar-refractivity contribution >= 4 is 21.8 Å². The number of thioether (sulfide) groups is 1. The number of aliphatic hydroxyl groups is 1. The molecule has 0 fully saturated rings. The number of benzene rings is 1. The van der Waals surface area contributed by atoms with Gasteiger partial charge >= 0.3 is 0 Å². The Morgan fingerprint density at radius 3 is 2.42 bits per heavy atom. The number of aliphatic hydroxyl groups excluding tert-OH is 1. The smallest absolute Gasteiger partial charge is 0.243 e. The van der Waals surface area contributed by atoms with Crippen LogP contribution in [-0.2, 0) is 16.6 Å². The maximum absolute atomic E-state index is 12.5. The topological polar surface area (TPSA) is 57.6 Å². The fraction of sp³-hybridized carbons (Fsp3) is 0.538. The van der Waals surface area contributed by atoms with Crippen molar-refractivity contribution in [3.63, 3.8) is 0 Å². The van der Waals surface area contributed by atoms with Crippen LogP contribution in [0.4, 0.5) is 0 Å². The van der Waals surface area contributed by atoms with E-state index in [9.17, 15) is 13.5 Å². The molecule has 0 aliphatic carbocycles. The van der Waals surface area contributed by atoms with Gasteiger partial charge in [-0.2, -0.15) is 11.8 Å². The lowest BCUT2D eigenvalue weighted by molar-refractivity contribution is 0.280. The van der Waals surface area contributed by atoms with E-state index in [-0.39, 0.29) is 11.5 Å². The lowest BCUT2D eigenvalue weighted by Gasteiger charge is -2.19. The molecule has 1 aromatic carbocycles. The molecule has 0 amide bonds. The summed E-state index contributed by atoms with van der Waals surface area (Å²) in [7, 11) is -1.90. The average Bonchev–Trinajstić information content (AvgIpc) is 2.35. The van der Waals surface area contributed by atoms with Crippen molar-refractivity contribution in [1.82, 2.24) is 4.31 Å². The number of aryl methyl sites for hydroxylation is 2. The number of hydrogen-bond acceptors (Lipinski definition) is 4. The number of hydrogen-bond donors (Lipinski definition) is 1. The van der Waals surface area contributed by atoms with Crippen molar-refractivity contribution < 1.29 is 13.5 Å². The van der Waals surface area contributed by atoms with E-state index in [1.807, 2.05) is 13.2 Å². The Hall–Kier alpha value is -0.560. The van der Waals surface area contributed by atoms with Gasteiger partial charge in [0.15, 0.2) is 0 Å². The molecule has 19 heavy (non-hydrogen) atoms. The predicted octanol–water partition coefficient (Wildman–Crippen LogP) is 1.78. The molecule has 0 aliphatic heterocycles. The van der Waals surface area contributed by atoms with Crippen molar-refractivity contribution in [2.75, 3.05) is 25.6 Å². The summed E-state index contributed by atoms with van der Waals surface area (Å²) < 4.78 is 26.3. The minimum Gasteiger partial charge on any atom is -0.392 e. The van der Waals surface area contributed by atoms with Gasteiger partial charge in [0.05, 0.1) is 11.5 Å². The first kappa shape index (κ1) is 16.5. The van der Waals surface area contributed by atoms with Crippen LogP contribution in [-0.4, -0.2) is 43.4 Å².